The van der Waals surface area contributed by atoms with Gasteiger partial charge in [0, 0.05) is 6.42 Å². The summed E-state index contributed by atoms with van der Waals surface area (Å²) in [6, 6.07) is 0. The zero-order valence-corrected chi connectivity index (χ0v) is 8.43. The Kier molecular flexibility index (Phi) is 3.18. The Morgan fingerprint density at radius 3 is 2.08 bits per heavy atom. The normalized spacial score (nSPS) is 30.0. The predicted octanol–water partition coefficient (Wildman–Crippen LogP) is 2.74. The average Bonchev–Trinajstić information content (AvgIpc) is 2.46. The van der Waals surface area contributed by atoms with Crippen LogP contribution in [0.3, 0.4) is 0 Å². The van der Waals surface area contributed by atoms with Crippen molar-refractivity contribution in [3.63, 3.8) is 0 Å². The molecule has 1 N–H and O–H groups in total. The van der Waals surface area contributed by atoms with Crippen molar-refractivity contribution in [2.45, 2.75) is 50.0 Å². The van der Waals surface area contributed by atoms with E-state index in [2.05, 4.69) is 5.32 Å². The first kappa shape index (κ1) is 11.2. The Hall–Kier alpha value is 0.110. The van der Waals surface area contributed by atoms with Crippen LogP contribution in [0.2, 0.25) is 0 Å². The van der Waals surface area contributed by atoms with Crippen molar-refractivity contribution >= 4 is 12.4 Å². The van der Waals surface area contributed by atoms with Gasteiger partial charge >= 0.3 is 0 Å². The van der Waals surface area contributed by atoms with E-state index in [1.165, 1.54) is 0 Å². The molecule has 2 aliphatic rings. The van der Waals surface area contributed by atoms with Crippen LogP contribution in [-0.2, 0) is 0 Å². The van der Waals surface area contributed by atoms with E-state index < -0.39 is 11.5 Å². The van der Waals surface area contributed by atoms with Crippen molar-refractivity contribution in [2.24, 2.45) is 0 Å². The van der Waals surface area contributed by atoms with Gasteiger partial charge in [0.25, 0.3) is 5.92 Å². The third-order valence-electron chi connectivity index (χ3n) is 3.29. The quantitative estimate of drug-likeness (QED) is 0.650. The van der Waals surface area contributed by atoms with Crippen molar-refractivity contribution < 1.29 is 8.78 Å². The van der Waals surface area contributed by atoms with Crippen LogP contribution in [0.15, 0.2) is 0 Å². The summed E-state index contributed by atoms with van der Waals surface area (Å²) in [5.41, 5.74) is -0.814. The van der Waals surface area contributed by atoms with E-state index in [0.717, 1.165) is 19.4 Å². The molecule has 0 radical (unpaired) electrons. The van der Waals surface area contributed by atoms with Crippen LogP contribution in [-0.4, -0.2) is 18.0 Å². The fourth-order valence-electron chi connectivity index (χ4n) is 2.53. The molecule has 4 heteroatoms. The van der Waals surface area contributed by atoms with Gasteiger partial charge in [0.15, 0.2) is 0 Å². The van der Waals surface area contributed by atoms with Crippen molar-refractivity contribution in [1.29, 1.82) is 0 Å². The maximum absolute atomic E-state index is 13.5. The molecule has 1 aliphatic heterocycles. The lowest BCUT2D eigenvalue weighted by Gasteiger charge is -2.42. The van der Waals surface area contributed by atoms with Crippen molar-refractivity contribution in [2.75, 3.05) is 6.54 Å². The standard InChI is InChI=1S/C9H15F2N.ClH/c10-9(11)6-3-7-12-8(9)4-1-2-5-8;/h12H,1-7H2;1H. The molecule has 1 aliphatic carbocycles. The highest BCUT2D eigenvalue weighted by molar-refractivity contribution is 5.85. The molecule has 0 unspecified atom stereocenters. The lowest BCUT2D eigenvalue weighted by Crippen LogP contribution is -2.60. The second kappa shape index (κ2) is 3.70. The highest BCUT2D eigenvalue weighted by Gasteiger charge is 2.55. The first-order valence-electron chi connectivity index (χ1n) is 4.79. The number of rotatable bonds is 0. The third kappa shape index (κ3) is 1.68. The SMILES string of the molecule is Cl.FC1(F)CCCNC12CCCC2. The largest absolute Gasteiger partial charge is 0.306 e. The summed E-state index contributed by atoms with van der Waals surface area (Å²) in [5.74, 6) is -2.46. The number of piperidine rings is 1. The monoisotopic (exact) mass is 211 g/mol. The van der Waals surface area contributed by atoms with Gasteiger partial charge in [-0.25, -0.2) is 8.78 Å². The molecule has 1 heterocycles. The van der Waals surface area contributed by atoms with E-state index in [1.807, 2.05) is 0 Å². The van der Waals surface area contributed by atoms with Crippen molar-refractivity contribution in [3.05, 3.63) is 0 Å². The summed E-state index contributed by atoms with van der Waals surface area (Å²) in [6.07, 6.45) is 3.96. The minimum Gasteiger partial charge on any atom is -0.306 e. The second-order valence-electron chi connectivity index (χ2n) is 4.02. The summed E-state index contributed by atoms with van der Waals surface area (Å²) in [4.78, 5) is 0. The van der Waals surface area contributed by atoms with Gasteiger partial charge < -0.3 is 5.32 Å². The minimum absolute atomic E-state index is 0. The van der Waals surface area contributed by atoms with E-state index >= 15 is 0 Å². The number of nitrogens with one attached hydrogen (secondary N) is 1. The maximum atomic E-state index is 13.5. The minimum atomic E-state index is -2.46. The summed E-state index contributed by atoms with van der Waals surface area (Å²) < 4.78 is 27.0. The summed E-state index contributed by atoms with van der Waals surface area (Å²) >= 11 is 0. The van der Waals surface area contributed by atoms with Gasteiger partial charge in [0.2, 0.25) is 0 Å². The second-order valence-corrected chi connectivity index (χ2v) is 4.02. The zero-order chi connectivity index (χ0) is 8.66. The maximum Gasteiger partial charge on any atom is 0.265 e. The highest BCUT2D eigenvalue weighted by atomic mass is 35.5. The summed E-state index contributed by atoms with van der Waals surface area (Å²) in [5, 5.41) is 3.03. The molecule has 0 aromatic carbocycles. The molecule has 2 fully saturated rings. The van der Waals surface area contributed by atoms with Gasteiger partial charge in [-0.1, -0.05) is 12.8 Å². The molecule has 0 atom stereocenters. The molecular weight excluding hydrogens is 196 g/mol. The predicted molar refractivity (Wildman–Crippen MR) is 50.6 cm³/mol. The number of hydrogen-bond donors (Lipinski definition) is 1. The van der Waals surface area contributed by atoms with Gasteiger partial charge in [0.05, 0.1) is 5.54 Å². The van der Waals surface area contributed by atoms with Crippen LogP contribution < -0.4 is 5.32 Å². The Balaban J connectivity index is 0.000000845. The van der Waals surface area contributed by atoms with Gasteiger partial charge in [0.1, 0.15) is 0 Å². The molecule has 0 aromatic heterocycles. The van der Waals surface area contributed by atoms with Crippen LogP contribution in [0.4, 0.5) is 8.78 Å². The van der Waals surface area contributed by atoms with Gasteiger partial charge in [-0.15, -0.1) is 12.4 Å². The molecule has 2 rings (SSSR count). The molecule has 78 valence electrons. The number of halogens is 3. The number of alkyl halides is 2. The Morgan fingerprint density at radius 1 is 0.923 bits per heavy atom. The van der Waals surface area contributed by atoms with E-state index in [4.69, 9.17) is 0 Å². The molecular formula is C9H16ClF2N. The van der Waals surface area contributed by atoms with Gasteiger partial charge in [-0.3, -0.25) is 0 Å². The molecule has 1 nitrogen and oxygen atoms in total. The lowest BCUT2D eigenvalue weighted by atomic mass is 9.83. The summed E-state index contributed by atoms with van der Waals surface area (Å²) in [6.45, 7) is 0.773. The Bertz CT molecular complexity index is 178. The van der Waals surface area contributed by atoms with Crippen LogP contribution in [0.5, 0.6) is 0 Å². The fourth-order valence-corrected chi connectivity index (χ4v) is 2.53. The molecule has 0 aromatic rings. The van der Waals surface area contributed by atoms with Crippen LogP contribution in [0, 0.1) is 0 Å². The van der Waals surface area contributed by atoms with E-state index in [9.17, 15) is 8.78 Å². The smallest absolute Gasteiger partial charge is 0.265 e. The van der Waals surface area contributed by atoms with Crippen LogP contribution >= 0.6 is 12.4 Å². The highest BCUT2D eigenvalue weighted by Crippen LogP contribution is 2.46. The zero-order valence-electron chi connectivity index (χ0n) is 7.61. The summed E-state index contributed by atoms with van der Waals surface area (Å²) in [7, 11) is 0. The molecule has 1 saturated heterocycles. The Labute approximate surface area is 83.7 Å². The lowest BCUT2D eigenvalue weighted by molar-refractivity contribution is -0.111. The topological polar surface area (TPSA) is 12.0 Å². The Morgan fingerprint density at radius 2 is 1.54 bits per heavy atom. The van der Waals surface area contributed by atoms with E-state index in [0.29, 0.717) is 19.3 Å². The van der Waals surface area contributed by atoms with Gasteiger partial charge in [-0.05, 0) is 25.8 Å². The average molecular weight is 212 g/mol. The first-order chi connectivity index (χ1) is 5.66. The first-order valence-corrected chi connectivity index (χ1v) is 4.79. The van der Waals surface area contributed by atoms with Crippen LogP contribution in [0.1, 0.15) is 38.5 Å². The van der Waals surface area contributed by atoms with Crippen molar-refractivity contribution in [1.82, 2.24) is 5.32 Å². The van der Waals surface area contributed by atoms with E-state index in [-0.39, 0.29) is 18.8 Å². The molecule has 13 heavy (non-hydrogen) atoms. The van der Waals surface area contributed by atoms with Gasteiger partial charge in [-0.2, -0.15) is 0 Å². The number of hydrogen-bond acceptors (Lipinski definition) is 1. The van der Waals surface area contributed by atoms with Crippen LogP contribution in [0.25, 0.3) is 0 Å². The molecule has 0 bridgehead atoms. The molecule has 1 spiro atoms. The van der Waals surface area contributed by atoms with E-state index in [1.54, 1.807) is 0 Å². The molecule has 0 amide bonds. The van der Waals surface area contributed by atoms with Crippen molar-refractivity contribution in [3.8, 4) is 0 Å². The fraction of sp³-hybridized carbons (Fsp3) is 1.00. The third-order valence-corrected chi connectivity index (χ3v) is 3.29. The molecule has 1 saturated carbocycles.